The molecule has 1 aromatic heterocycles. The van der Waals surface area contributed by atoms with Gasteiger partial charge >= 0.3 is 5.97 Å². The van der Waals surface area contributed by atoms with Crippen LogP contribution in [0.3, 0.4) is 0 Å². The van der Waals surface area contributed by atoms with Crippen molar-refractivity contribution in [1.82, 2.24) is 4.98 Å². The van der Waals surface area contributed by atoms with Gasteiger partial charge in [0.05, 0.1) is 26.1 Å². The van der Waals surface area contributed by atoms with Crippen LogP contribution in [0.1, 0.15) is 30.5 Å². The highest BCUT2D eigenvalue weighted by atomic mass is 32.2. The largest absolute Gasteiger partial charge is 0.468 e. The van der Waals surface area contributed by atoms with Gasteiger partial charge in [-0.2, -0.15) is 11.8 Å². The number of hydrogen-bond acceptors (Lipinski definition) is 7. The molecule has 0 aliphatic carbocycles. The van der Waals surface area contributed by atoms with E-state index in [0.717, 1.165) is 41.7 Å². The molecule has 3 heterocycles. The number of carbonyl (C=O) groups excluding carboxylic acids is 1. The van der Waals surface area contributed by atoms with Crippen LogP contribution < -0.4 is 4.90 Å². The summed E-state index contributed by atoms with van der Waals surface area (Å²) in [5.74, 6) is 4.74. The highest BCUT2D eigenvalue weighted by Crippen LogP contribution is 2.44. The Morgan fingerprint density at radius 2 is 2.15 bits per heavy atom. The first kappa shape index (κ1) is 20.4. The van der Waals surface area contributed by atoms with Crippen molar-refractivity contribution in [2.24, 2.45) is 0 Å². The van der Waals surface area contributed by atoms with Gasteiger partial charge in [-0.3, -0.25) is 4.79 Å². The molecular formula is C20H26N2O3S2. The second kappa shape index (κ2) is 8.76. The first-order chi connectivity index (χ1) is 12.9. The van der Waals surface area contributed by atoms with Crippen LogP contribution in [0.25, 0.3) is 0 Å². The van der Waals surface area contributed by atoms with Gasteiger partial charge in [-0.15, -0.1) is 12.3 Å². The summed E-state index contributed by atoms with van der Waals surface area (Å²) in [6.07, 6.45) is 7.17. The van der Waals surface area contributed by atoms with Crippen LogP contribution >= 0.6 is 23.5 Å². The van der Waals surface area contributed by atoms with Gasteiger partial charge in [-0.1, -0.05) is 25.6 Å². The lowest BCUT2D eigenvalue weighted by Gasteiger charge is -2.37. The van der Waals surface area contributed by atoms with Gasteiger partial charge < -0.3 is 14.4 Å². The molecule has 0 N–H and O–H groups in total. The minimum Gasteiger partial charge on any atom is -0.468 e. The summed E-state index contributed by atoms with van der Waals surface area (Å²) in [5, 5.41) is 0.862. The summed E-state index contributed by atoms with van der Waals surface area (Å²) >= 11 is 3.39. The molecule has 0 bridgehead atoms. The lowest BCUT2D eigenvalue weighted by molar-refractivity contribution is -0.137. The van der Waals surface area contributed by atoms with Gasteiger partial charge in [0.15, 0.2) is 0 Å². The number of esters is 1. The number of anilines is 1. The third-order valence-electron chi connectivity index (χ3n) is 4.82. The van der Waals surface area contributed by atoms with E-state index >= 15 is 0 Å². The van der Waals surface area contributed by atoms with E-state index < -0.39 is 0 Å². The first-order valence-electron chi connectivity index (χ1n) is 9.09. The van der Waals surface area contributed by atoms with Crippen molar-refractivity contribution in [2.45, 2.75) is 42.2 Å². The zero-order valence-electron chi connectivity index (χ0n) is 16.2. The maximum absolute atomic E-state index is 11.7. The number of hydrogen-bond donors (Lipinski definition) is 0. The van der Waals surface area contributed by atoms with Crippen LogP contribution in [0.4, 0.5) is 5.82 Å². The fraction of sp³-hybridized carbons (Fsp3) is 0.600. The second-order valence-electron chi connectivity index (χ2n) is 7.25. The fourth-order valence-corrected chi connectivity index (χ4v) is 5.39. The summed E-state index contributed by atoms with van der Waals surface area (Å²) in [5.41, 5.74) is 3.72. The van der Waals surface area contributed by atoms with Crippen molar-refractivity contribution in [3.8, 4) is 12.3 Å². The van der Waals surface area contributed by atoms with Crippen molar-refractivity contribution in [3.63, 3.8) is 0 Å². The number of ether oxygens (including phenoxy) is 2. The number of methoxy groups -OCH3 is 1. The van der Waals surface area contributed by atoms with E-state index in [-0.39, 0.29) is 16.5 Å². The van der Waals surface area contributed by atoms with E-state index in [9.17, 15) is 4.79 Å². The van der Waals surface area contributed by atoms with Crippen molar-refractivity contribution in [1.29, 1.82) is 0 Å². The van der Waals surface area contributed by atoms with Crippen LogP contribution in [0.2, 0.25) is 0 Å². The number of carbonyl (C=O) groups is 1. The molecule has 27 heavy (non-hydrogen) atoms. The van der Waals surface area contributed by atoms with Gasteiger partial charge in [-0.25, -0.2) is 4.98 Å². The number of aromatic nitrogens is 1. The Labute approximate surface area is 170 Å². The number of thioether (sulfide) groups is 2. The van der Waals surface area contributed by atoms with Crippen LogP contribution in [0.15, 0.2) is 5.03 Å². The molecule has 1 fully saturated rings. The summed E-state index contributed by atoms with van der Waals surface area (Å²) < 4.78 is 10.5. The molecule has 0 radical (unpaired) electrons. The predicted octanol–water partition coefficient (Wildman–Crippen LogP) is 2.93. The number of pyridine rings is 1. The van der Waals surface area contributed by atoms with Crippen LogP contribution in [0.5, 0.6) is 0 Å². The lowest BCUT2D eigenvalue weighted by atomic mass is 9.92. The topological polar surface area (TPSA) is 51.7 Å². The monoisotopic (exact) mass is 406 g/mol. The Kier molecular flexibility index (Phi) is 6.61. The summed E-state index contributed by atoms with van der Waals surface area (Å²) in [4.78, 5) is 19.0. The molecule has 0 spiro atoms. The fourth-order valence-electron chi connectivity index (χ4n) is 3.41. The summed E-state index contributed by atoms with van der Waals surface area (Å²) in [6, 6.07) is 0. The molecule has 7 heteroatoms. The minimum atomic E-state index is -0.255. The molecule has 5 nitrogen and oxygen atoms in total. The van der Waals surface area contributed by atoms with Crippen LogP contribution in [0, 0.1) is 12.3 Å². The number of terminal acetylenes is 1. The highest BCUT2D eigenvalue weighted by molar-refractivity contribution is 8.00. The van der Waals surface area contributed by atoms with E-state index in [0.29, 0.717) is 19.6 Å². The van der Waals surface area contributed by atoms with E-state index in [1.807, 2.05) is 11.8 Å². The molecule has 1 aromatic rings. The smallest absolute Gasteiger partial charge is 0.316 e. The Hall–Kier alpha value is -1.36. The third-order valence-corrected chi connectivity index (χ3v) is 7.17. The standard InChI is InChI=1S/C20H26N2O3S2/c1-5-6-14-15-11-20(2,3)27-12-16(15)18(22-7-9-25-10-8-22)21-19(14)26-13-17(23)24-4/h1H,6-13H2,2-4H3. The van der Waals surface area contributed by atoms with E-state index in [1.54, 1.807) is 0 Å². The number of morpholine rings is 1. The quantitative estimate of drug-likeness (QED) is 0.423. The highest BCUT2D eigenvalue weighted by Gasteiger charge is 2.33. The van der Waals surface area contributed by atoms with Crippen LogP contribution in [-0.4, -0.2) is 54.9 Å². The molecular weight excluding hydrogens is 380 g/mol. The predicted molar refractivity (Wildman–Crippen MR) is 112 cm³/mol. The molecule has 1 saturated heterocycles. The second-order valence-corrected chi connectivity index (χ2v) is 9.89. The van der Waals surface area contributed by atoms with Crippen molar-refractivity contribution >= 4 is 35.3 Å². The molecule has 0 unspecified atom stereocenters. The average molecular weight is 407 g/mol. The molecule has 2 aliphatic rings. The summed E-state index contributed by atoms with van der Waals surface area (Å²) in [6.45, 7) is 7.65. The number of rotatable bonds is 5. The van der Waals surface area contributed by atoms with Crippen molar-refractivity contribution in [2.75, 3.05) is 44.1 Å². The number of nitrogens with zero attached hydrogens (tertiary/aromatic N) is 2. The van der Waals surface area contributed by atoms with E-state index in [1.165, 1.54) is 30.0 Å². The Morgan fingerprint density at radius 1 is 1.41 bits per heavy atom. The molecule has 0 aromatic carbocycles. The maximum atomic E-state index is 11.7. The van der Waals surface area contributed by atoms with Gasteiger partial charge in [0, 0.05) is 41.1 Å². The molecule has 2 aliphatic heterocycles. The average Bonchev–Trinajstić information content (AvgIpc) is 2.67. The summed E-state index contributed by atoms with van der Waals surface area (Å²) in [7, 11) is 1.41. The Morgan fingerprint density at radius 3 is 2.81 bits per heavy atom. The minimum absolute atomic E-state index is 0.157. The Balaban J connectivity index is 2.07. The molecule has 0 saturated carbocycles. The van der Waals surface area contributed by atoms with Crippen molar-refractivity contribution < 1.29 is 14.3 Å². The first-order valence-corrected chi connectivity index (χ1v) is 11.1. The van der Waals surface area contributed by atoms with Gasteiger partial charge in [0.2, 0.25) is 0 Å². The third kappa shape index (κ3) is 4.74. The van der Waals surface area contributed by atoms with Gasteiger partial charge in [0.1, 0.15) is 10.8 Å². The molecule has 0 amide bonds. The molecule has 3 rings (SSSR count). The molecule has 146 valence electrons. The van der Waals surface area contributed by atoms with Gasteiger partial charge in [-0.05, 0) is 12.0 Å². The zero-order chi connectivity index (χ0) is 19.4. The molecule has 0 atom stereocenters. The zero-order valence-corrected chi connectivity index (χ0v) is 17.8. The van der Waals surface area contributed by atoms with Crippen LogP contribution in [-0.2, 0) is 32.9 Å². The maximum Gasteiger partial charge on any atom is 0.316 e. The Bertz CT molecular complexity index is 753. The van der Waals surface area contributed by atoms with E-state index in [2.05, 4.69) is 24.7 Å². The van der Waals surface area contributed by atoms with Gasteiger partial charge in [0.25, 0.3) is 0 Å². The SMILES string of the molecule is C#CCc1c(SCC(=O)OC)nc(N2CCOCC2)c2c1CC(C)(C)SC2. The normalized spacial score (nSPS) is 18.5. The van der Waals surface area contributed by atoms with E-state index in [4.69, 9.17) is 20.9 Å². The van der Waals surface area contributed by atoms with Crippen molar-refractivity contribution in [3.05, 3.63) is 16.7 Å². The lowest BCUT2D eigenvalue weighted by Crippen LogP contribution is -2.38. The number of fused-ring (bicyclic) bond motifs is 1.